The quantitative estimate of drug-likeness (QED) is 0.640. The average Bonchev–Trinajstić information content (AvgIpc) is 1.82. The molecule has 0 atom stereocenters. The molecular formula is C6H5Cl2F2N. The van der Waals surface area contributed by atoms with E-state index >= 15 is 0 Å². The first kappa shape index (κ1) is 10.5. The first-order valence-electron chi connectivity index (χ1n) is 2.51. The van der Waals surface area contributed by atoms with Crippen LogP contribution in [0.3, 0.4) is 0 Å². The first-order chi connectivity index (χ1) is 4.61. The largest absolute Gasteiger partial charge is 0.394 e. The predicted octanol–water partition coefficient (Wildman–Crippen LogP) is 2.62. The van der Waals surface area contributed by atoms with Gasteiger partial charge in [-0.1, -0.05) is 11.6 Å². The highest BCUT2D eigenvalue weighted by Crippen LogP contribution is 2.19. The smallest absolute Gasteiger partial charge is 0.150 e. The lowest BCUT2D eigenvalue weighted by Gasteiger charge is -1.97. The Balaban J connectivity index is 0.000001000. The van der Waals surface area contributed by atoms with Crippen LogP contribution in [0.15, 0.2) is 12.1 Å². The number of nitrogen functional groups attached to an aromatic ring is 1. The van der Waals surface area contributed by atoms with Crippen molar-refractivity contribution >= 4 is 29.7 Å². The summed E-state index contributed by atoms with van der Waals surface area (Å²) in [5, 5.41) is 0.00389. The zero-order chi connectivity index (χ0) is 7.72. The van der Waals surface area contributed by atoms with Crippen molar-refractivity contribution in [1.82, 2.24) is 0 Å². The summed E-state index contributed by atoms with van der Waals surface area (Å²) in [6, 6.07) is 1.92. The van der Waals surface area contributed by atoms with Gasteiger partial charge in [-0.05, 0) is 12.1 Å². The first-order valence-corrected chi connectivity index (χ1v) is 2.89. The van der Waals surface area contributed by atoms with E-state index in [1.807, 2.05) is 0 Å². The van der Waals surface area contributed by atoms with Crippen molar-refractivity contribution in [3.05, 3.63) is 28.8 Å². The molecule has 0 fully saturated rings. The molecule has 1 aromatic rings. The Morgan fingerprint density at radius 3 is 1.91 bits per heavy atom. The van der Waals surface area contributed by atoms with Crippen LogP contribution < -0.4 is 5.73 Å². The number of anilines is 1. The van der Waals surface area contributed by atoms with E-state index in [2.05, 4.69) is 0 Å². The molecule has 62 valence electrons. The SMILES string of the molecule is Cl.Nc1c(F)cc(Cl)cc1F. The third kappa shape index (κ3) is 2.20. The highest BCUT2D eigenvalue weighted by Gasteiger charge is 2.05. The minimum Gasteiger partial charge on any atom is -0.394 e. The summed E-state index contributed by atoms with van der Waals surface area (Å²) in [7, 11) is 0. The lowest BCUT2D eigenvalue weighted by Crippen LogP contribution is -1.94. The number of halogens is 4. The summed E-state index contributed by atoms with van der Waals surface area (Å²) in [6.07, 6.45) is 0. The number of nitrogens with two attached hydrogens (primary N) is 1. The normalized spacial score (nSPS) is 9.00. The van der Waals surface area contributed by atoms with Crippen LogP contribution in [0.5, 0.6) is 0 Å². The van der Waals surface area contributed by atoms with Crippen LogP contribution in [-0.4, -0.2) is 0 Å². The van der Waals surface area contributed by atoms with E-state index in [9.17, 15) is 8.78 Å². The van der Waals surface area contributed by atoms with Crippen LogP contribution in [0.1, 0.15) is 0 Å². The Hall–Kier alpha value is -0.540. The van der Waals surface area contributed by atoms with Gasteiger partial charge in [0.1, 0.15) is 5.69 Å². The Morgan fingerprint density at radius 2 is 1.55 bits per heavy atom. The van der Waals surface area contributed by atoms with Crippen LogP contribution in [0.4, 0.5) is 14.5 Å². The molecular weight excluding hydrogens is 195 g/mol. The number of hydrogen-bond donors (Lipinski definition) is 1. The van der Waals surface area contributed by atoms with Gasteiger partial charge in [-0.3, -0.25) is 0 Å². The Kier molecular flexibility index (Phi) is 3.55. The number of hydrogen-bond acceptors (Lipinski definition) is 1. The van der Waals surface area contributed by atoms with Gasteiger partial charge in [0.2, 0.25) is 0 Å². The maximum absolute atomic E-state index is 12.4. The molecule has 1 nitrogen and oxygen atoms in total. The predicted molar refractivity (Wildman–Crippen MR) is 43.0 cm³/mol. The molecule has 0 bridgehead atoms. The summed E-state index contributed by atoms with van der Waals surface area (Å²) < 4.78 is 24.8. The van der Waals surface area contributed by atoms with E-state index in [1.165, 1.54) is 0 Å². The van der Waals surface area contributed by atoms with Gasteiger partial charge in [0.15, 0.2) is 11.6 Å². The fourth-order valence-electron chi connectivity index (χ4n) is 0.553. The molecule has 1 rings (SSSR count). The van der Waals surface area contributed by atoms with Crippen molar-refractivity contribution in [2.24, 2.45) is 0 Å². The molecule has 0 aliphatic heterocycles. The van der Waals surface area contributed by atoms with Gasteiger partial charge in [0.25, 0.3) is 0 Å². The number of benzene rings is 1. The second-order valence-electron chi connectivity index (χ2n) is 1.78. The number of rotatable bonds is 0. The third-order valence-corrected chi connectivity index (χ3v) is 1.26. The second-order valence-corrected chi connectivity index (χ2v) is 2.22. The molecule has 0 saturated heterocycles. The van der Waals surface area contributed by atoms with Crippen LogP contribution in [0.25, 0.3) is 0 Å². The third-order valence-electron chi connectivity index (χ3n) is 1.04. The van der Waals surface area contributed by atoms with Gasteiger partial charge < -0.3 is 5.73 Å². The Morgan fingerprint density at radius 1 is 1.18 bits per heavy atom. The summed E-state index contributed by atoms with van der Waals surface area (Å²) >= 11 is 5.29. The second kappa shape index (κ2) is 3.74. The van der Waals surface area contributed by atoms with Crippen LogP contribution in [0, 0.1) is 11.6 Å². The van der Waals surface area contributed by atoms with Gasteiger partial charge >= 0.3 is 0 Å². The van der Waals surface area contributed by atoms with Crippen molar-refractivity contribution < 1.29 is 8.78 Å². The van der Waals surface area contributed by atoms with Gasteiger partial charge in [-0.15, -0.1) is 12.4 Å². The molecule has 0 aliphatic carbocycles. The van der Waals surface area contributed by atoms with Crippen molar-refractivity contribution in [3.63, 3.8) is 0 Å². The molecule has 0 heterocycles. The van der Waals surface area contributed by atoms with E-state index in [1.54, 1.807) is 0 Å². The molecule has 0 radical (unpaired) electrons. The molecule has 2 N–H and O–H groups in total. The zero-order valence-electron chi connectivity index (χ0n) is 5.27. The molecule has 0 spiro atoms. The minimum absolute atomic E-state index is 0. The molecule has 0 aromatic heterocycles. The lowest BCUT2D eigenvalue weighted by atomic mass is 10.3. The van der Waals surface area contributed by atoms with Crippen molar-refractivity contribution in [1.29, 1.82) is 0 Å². The van der Waals surface area contributed by atoms with Crippen molar-refractivity contribution in [3.8, 4) is 0 Å². The lowest BCUT2D eigenvalue weighted by molar-refractivity contribution is 0.592. The van der Waals surface area contributed by atoms with E-state index < -0.39 is 17.3 Å². The fraction of sp³-hybridized carbons (Fsp3) is 0. The fourth-order valence-corrected chi connectivity index (χ4v) is 0.745. The van der Waals surface area contributed by atoms with E-state index in [0.29, 0.717) is 0 Å². The molecule has 0 saturated carbocycles. The van der Waals surface area contributed by atoms with Crippen molar-refractivity contribution in [2.45, 2.75) is 0 Å². The van der Waals surface area contributed by atoms with Crippen LogP contribution in [-0.2, 0) is 0 Å². The summed E-state index contributed by atoms with van der Waals surface area (Å²) in [4.78, 5) is 0. The minimum atomic E-state index is -0.829. The van der Waals surface area contributed by atoms with E-state index in [-0.39, 0.29) is 17.4 Å². The molecule has 1 aromatic carbocycles. The standard InChI is InChI=1S/C6H4ClF2N.ClH/c7-3-1-4(8)6(10)5(9)2-3;/h1-2H,10H2;1H. The van der Waals surface area contributed by atoms with Gasteiger partial charge in [0.05, 0.1) is 0 Å². The van der Waals surface area contributed by atoms with Gasteiger partial charge in [0, 0.05) is 5.02 Å². The molecule has 0 unspecified atom stereocenters. The Labute approximate surface area is 73.6 Å². The summed E-state index contributed by atoms with van der Waals surface area (Å²) in [5.41, 5.74) is 4.45. The Bertz CT molecular complexity index is 242. The van der Waals surface area contributed by atoms with E-state index in [0.717, 1.165) is 12.1 Å². The highest BCUT2D eigenvalue weighted by atomic mass is 35.5. The van der Waals surface area contributed by atoms with Crippen molar-refractivity contribution in [2.75, 3.05) is 5.73 Å². The zero-order valence-corrected chi connectivity index (χ0v) is 6.85. The van der Waals surface area contributed by atoms with Gasteiger partial charge in [-0.2, -0.15) is 0 Å². The summed E-state index contributed by atoms with van der Waals surface area (Å²) in [5.74, 6) is -1.66. The maximum atomic E-state index is 12.4. The molecule has 11 heavy (non-hydrogen) atoms. The van der Waals surface area contributed by atoms with Crippen LogP contribution >= 0.6 is 24.0 Å². The molecule has 0 amide bonds. The maximum Gasteiger partial charge on any atom is 0.150 e. The topological polar surface area (TPSA) is 26.0 Å². The molecule has 5 heteroatoms. The van der Waals surface area contributed by atoms with Gasteiger partial charge in [-0.25, -0.2) is 8.78 Å². The highest BCUT2D eigenvalue weighted by molar-refractivity contribution is 6.30. The monoisotopic (exact) mass is 199 g/mol. The average molecular weight is 200 g/mol. The van der Waals surface area contributed by atoms with E-state index in [4.69, 9.17) is 17.3 Å². The summed E-state index contributed by atoms with van der Waals surface area (Å²) in [6.45, 7) is 0. The molecule has 0 aliphatic rings. The van der Waals surface area contributed by atoms with Crippen LogP contribution in [0.2, 0.25) is 5.02 Å².